The van der Waals surface area contributed by atoms with Crippen LogP contribution in [0.5, 0.6) is 5.75 Å². The number of hydrogen-bond donors (Lipinski definition) is 2. The first-order chi connectivity index (χ1) is 9.63. The van der Waals surface area contributed by atoms with Crippen LogP contribution in [0.4, 0.5) is 10.1 Å². The third kappa shape index (κ3) is 2.72. The molecule has 2 aromatic rings. The van der Waals surface area contributed by atoms with Crippen molar-refractivity contribution in [1.82, 2.24) is 0 Å². The molecule has 1 aliphatic rings. The van der Waals surface area contributed by atoms with E-state index >= 15 is 0 Å². The number of hydrogen-bond acceptors (Lipinski definition) is 3. The molecule has 2 aromatic carbocycles. The summed E-state index contributed by atoms with van der Waals surface area (Å²) in [5.74, 6) is 0.0528. The molecular formula is C15H13ClFNOS. The fourth-order valence-corrected chi connectivity index (χ4v) is 3.60. The van der Waals surface area contributed by atoms with Gasteiger partial charge in [-0.3, -0.25) is 0 Å². The third-order valence-electron chi connectivity index (χ3n) is 3.30. The monoisotopic (exact) mass is 309 g/mol. The molecule has 0 spiro atoms. The van der Waals surface area contributed by atoms with E-state index in [1.54, 1.807) is 17.8 Å². The van der Waals surface area contributed by atoms with Gasteiger partial charge in [0.1, 0.15) is 0 Å². The zero-order valence-corrected chi connectivity index (χ0v) is 12.1. The third-order valence-corrected chi connectivity index (χ3v) is 4.66. The summed E-state index contributed by atoms with van der Waals surface area (Å²) < 4.78 is 13.4. The van der Waals surface area contributed by atoms with Gasteiger partial charge in [-0.15, -0.1) is 11.8 Å². The quantitative estimate of drug-likeness (QED) is 0.779. The van der Waals surface area contributed by atoms with Crippen LogP contribution in [0.3, 0.4) is 0 Å². The molecule has 0 saturated carbocycles. The highest BCUT2D eigenvalue weighted by molar-refractivity contribution is 7.99. The smallest absolute Gasteiger partial charge is 0.166 e. The maximum Gasteiger partial charge on any atom is 0.166 e. The first-order valence-corrected chi connectivity index (χ1v) is 7.67. The minimum Gasteiger partial charge on any atom is -0.505 e. The molecule has 2 nitrogen and oxygen atoms in total. The van der Waals surface area contributed by atoms with Crippen molar-refractivity contribution >= 4 is 29.1 Å². The molecule has 1 heterocycles. The van der Waals surface area contributed by atoms with Crippen LogP contribution in [0.15, 0.2) is 41.3 Å². The molecule has 0 aliphatic carbocycles. The second-order valence-corrected chi connectivity index (χ2v) is 6.26. The van der Waals surface area contributed by atoms with E-state index in [1.807, 2.05) is 18.2 Å². The lowest BCUT2D eigenvalue weighted by atomic mass is 10.0. The van der Waals surface area contributed by atoms with Crippen LogP contribution in [-0.2, 0) is 0 Å². The maximum absolute atomic E-state index is 13.4. The minimum atomic E-state index is -0.619. The number of thioether (sulfide) groups is 1. The lowest BCUT2D eigenvalue weighted by Crippen LogP contribution is -2.16. The van der Waals surface area contributed by atoms with E-state index in [1.165, 1.54) is 17.0 Å². The number of halogens is 2. The molecule has 0 fully saturated rings. The van der Waals surface area contributed by atoms with E-state index in [0.29, 0.717) is 10.7 Å². The molecule has 2 N–H and O–H groups in total. The van der Waals surface area contributed by atoms with Gasteiger partial charge in [0, 0.05) is 27.4 Å². The number of nitrogens with one attached hydrogen (secondary N) is 1. The lowest BCUT2D eigenvalue weighted by Gasteiger charge is -2.27. The van der Waals surface area contributed by atoms with Crippen LogP contribution in [0.2, 0.25) is 5.02 Å². The van der Waals surface area contributed by atoms with Crippen molar-refractivity contribution in [3.8, 4) is 5.75 Å². The Bertz CT molecular complexity index is 650. The van der Waals surface area contributed by atoms with Crippen LogP contribution < -0.4 is 5.32 Å². The molecule has 0 aromatic heterocycles. The number of rotatable bonds is 2. The van der Waals surface area contributed by atoms with Crippen molar-refractivity contribution in [3.63, 3.8) is 0 Å². The normalized spacial score (nSPS) is 17.6. The minimum absolute atomic E-state index is 0.105. The molecule has 0 radical (unpaired) electrons. The highest BCUT2D eigenvalue weighted by Gasteiger charge is 2.21. The van der Waals surface area contributed by atoms with Gasteiger partial charge in [-0.05, 0) is 42.3 Å². The average Bonchev–Trinajstić information content (AvgIpc) is 2.44. The van der Waals surface area contributed by atoms with Crippen LogP contribution >= 0.6 is 23.4 Å². The molecule has 0 saturated heterocycles. The van der Waals surface area contributed by atoms with Crippen molar-refractivity contribution in [1.29, 1.82) is 0 Å². The van der Waals surface area contributed by atoms with E-state index in [2.05, 4.69) is 5.32 Å². The van der Waals surface area contributed by atoms with Gasteiger partial charge in [0.25, 0.3) is 0 Å². The number of fused-ring (bicyclic) bond motifs is 1. The molecule has 0 amide bonds. The van der Waals surface area contributed by atoms with Crippen molar-refractivity contribution in [3.05, 3.63) is 52.8 Å². The molecule has 1 unspecified atom stereocenters. The Morgan fingerprint density at radius 3 is 2.90 bits per heavy atom. The Hall–Kier alpha value is -1.39. The highest BCUT2D eigenvalue weighted by Crippen LogP contribution is 2.39. The van der Waals surface area contributed by atoms with Gasteiger partial charge in [0.2, 0.25) is 0 Å². The molecule has 104 valence electrons. The van der Waals surface area contributed by atoms with Crippen LogP contribution in [-0.4, -0.2) is 10.9 Å². The summed E-state index contributed by atoms with van der Waals surface area (Å²) in [6.45, 7) is 0. The number of phenols is 1. The topological polar surface area (TPSA) is 32.3 Å². The Morgan fingerprint density at radius 2 is 2.10 bits per heavy atom. The summed E-state index contributed by atoms with van der Waals surface area (Å²) >= 11 is 7.87. The molecule has 1 aliphatic heterocycles. The maximum atomic E-state index is 13.4. The SMILES string of the molecule is Oc1ccc(NC2CCSc3ccc(Cl)cc32)cc1F. The van der Waals surface area contributed by atoms with Crippen molar-refractivity contribution in [2.24, 2.45) is 0 Å². The van der Waals surface area contributed by atoms with Gasteiger partial charge >= 0.3 is 0 Å². The van der Waals surface area contributed by atoms with E-state index < -0.39 is 5.82 Å². The molecule has 5 heteroatoms. The van der Waals surface area contributed by atoms with Crippen LogP contribution in [0.1, 0.15) is 18.0 Å². The average molecular weight is 310 g/mol. The van der Waals surface area contributed by atoms with Crippen molar-refractivity contribution < 1.29 is 9.50 Å². The second-order valence-electron chi connectivity index (χ2n) is 4.68. The standard InChI is InChI=1S/C15H13ClFNOS/c16-9-1-4-15-11(7-9)13(5-6-20-15)18-10-2-3-14(19)12(17)8-10/h1-4,7-8,13,18-19H,5-6H2. The van der Waals surface area contributed by atoms with Crippen molar-refractivity contribution in [2.75, 3.05) is 11.1 Å². The highest BCUT2D eigenvalue weighted by atomic mass is 35.5. The molecule has 1 atom stereocenters. The Morgan fingerprint density at radius 1 is 1.25 bits per heavy atom. The van der Waals surface area contributed by atoms with Crippen LogP contribution in [0, 0.1) is 5.82 Å². The number of anilines is 1. The molecular weight excluding hydrogens is 297 g/mol. The summed E-state index contributed by atoms with van der Waals surface area (Å²) in [7, 11) is 0. The van der Waals surface area contributed by atoms with E-state index in [0.717, 1.165) is 17.7 Å². The molecule has 3 rings (SSSR count). The zero-order chi connectivity index (χ0) is 14.1. The van der Waals surface area contributed by atoms with E-state index in [4.69, 9.17) is 11.6 Å². The Labute approximate surface area is 126 Å². The summed E-state index contributed by atoms with van der Waals surface area (Å²) in [5, 5.41) is 13.2. The lowest BCUT2D eigenvalue weighted by molar-refractivity contribution is 0.432. The summed E-state index contributed by atoms with van der Waals surface area (Å²) in [5.41, 5.74) is 1.80. The van der Waals surface area contributed by atoms with Gasteiger partial charge in [-0.1, -0.05) is 11.6 Å². The fourth-order valence-electron chi connectivity index (χ4n) is 2.31. The predicted molar refractivity (Wildman–Crippen MR) is 81.2 cm³/mol. The van der Waals surface area contributed by atoms with E-state index in [9.17, 15) is 9.50 Å². The predicted octanol–water partition coefficient (Wildman–Crippen LogP) is 4.83. The largest absolute Gasteiger partial charge is 0.505 e. The fraction of sp³-hybridized carbons (Fsp3) is 0.200. The number of phenolic OH excluding ortho intramolecular Hbond substituents is 1. The summed E-state index contributed by atoms with van der Waals surface area (Å²) in [6.07, 6.45) is 0.945. The van der Waals surface area contributed by atoms with Crippen LogP contribution in [0.25, 0.3) is 0 Å². The molecule has 0 bridgehead atoms. The zero-order valence-electron chi connectivity index (χ0n) is 10.6. The van der Waals surface area contributed by atoms with Gasteiger partial charge < -0.3 is 10.4 Å². The van der Waals surface area contributed by atoms with Gasteiger partial charge in [0.05, 0.1) is 6.04 Å². The number of benzene rings is 2. The summed E-state index contributed by atoms with van der Waals surface area (Å²) in [6, 6.07) is 10.3. The first kappa shape index (κ1) is 13.6. The second kappa shape index (κ2) is 5.54. The molecule has 20 heavy (non-hydrogen) atoms. The van der Waals surface area contributed by atoms with Gasteiger partial charge in [-0.2, -0.15) is 0 Å². The summed E-state index contributed by atoms with van der Waals surface area (Å²) in [4.78, 5) is 1.21. The first-order valence-electron chi connectivity index (χ1n) is 6.31. The van der Waals surface area contributed by atoms with Gasteiger partial charge in [-0.25, -0.2) is 4.39 Å². The van der Waals surface area contributed by atoms with Gasteiger partial charge in [0.15, 0.2) is 11.6 Å². The van der Waals surface area contributed by atoms with Crippen molar-refractivity contribution in [2.45, 2.75) is 17.4 Å². The Kier molecular flexibility index (Phi) is 3.76. The Balaban J connectivity index is 1.89. The van der Waals surface area contributed by atoms with E-state index in [-0.39, 0.29) is 11.8 Å². The number of aromatic hydroxyl groups is 1.